The molecule has 0 aromatic carbocycles. The van der Waals surface area contributed by atoms with Gasteiger partial charge >= 0.3 is 0 Å². The summed E-state index contributed by atoms with van der Waals surface area (Å²) in [6.45, 7) is 1.66. The lowest BCUT2D eigenvalue weighted by molar-refractivity contribution is 0.322. The standard InChI is InChI=1S/C4H5Cl2OPS/c1-3-4(2)7-8(5,6)9/h1,4H,2H3. The topological polar surface area (TPSA) is 9.23 Å². The van der Waals surface area contributed by atoms with E-state index in [9.17, 15) is 0 Å². The Kier molecular flexibility index (Phi) is 4.12. The zero-order valence-corrected chi connectivity index (χ0v) is 7.90. The van der Waals surface area contributed by atoms with Crippen LogP contribution in [0.4, 0.5) is 0 Å². The van der Waals surface area contributed by atoms with E-state index < -0.39 is 11.1 Å². The second kappa shape index (κ2) is 3.81. The molecule has 0 amide bonds. The van der Waals surface area contributed by atoms with Gasteiger partial charge in [0.25, 0.3) is 0 Å². The van der Waals surface area contributed by atoms with E-state index in [1.807, 2.05) is 0 Å². The van der Waals surface area contributed by atoms with Gasteiger partial charge in [-0.2, -0.15) is 0 Å². The molecule has 0 aromatic heterocycles. The predicted octanol–water partition coefficient (Wildman–Crippen LogP) is 2.73. The lowest BCUT2D eigenvalue weighted by atomic mass is 10.4. The van der Waals surface area contributed by atoms with E-state index in [-0.39, 0.29) is 0 Å². The average molecular weight is 203 g/mol. The summed E-state index contributed by atoms with van der Waals surface area (Å²) in [6, 6.07) is 0. The summed E-state index contributed by atoms with van der Waals surface area (Å²) in [5.41, 5.74) is 0. The molecule has 0 radical (unpaired) electrons. The number of hydrogen-bond acceptors (Lipinski definition) is 2. The smallest absolute Gasteiger partial charge is 0.241 e. The Morgan fingerprint density at radius 2 is 2.22 bits per heavy atom. The first-order valence-electron chi connectivity index (χ1n) is 2.09. The lowest BCUT2D eigenvalue weighted by Crippen LogP contribution is -1.97. The van der Waals surface area contributed by atoms with E-state index in [1.165, 1.54) is 0 Å². The van der Waals surface area contributed by atoms with Crippen LogP contribution < -0.4 is 0 Å². The maximum Gasteiger partial charge on any atom is 0.241 e. The van der Waals surface area contributed by atoms with E-state index in [0.29, 0.717) is 0 Å². The van der Waals surface area contributed by atoms with Crippen molar-refractivity contribution in [3.05, 3.63) is 0 Å². The first kappa shape index (κ1) is 9.75. The Morgan fingerprint density at radius 3 is 2.33 bits per heavy atom. The summed E-state index contributed by atoms with van der Waals surface area (Å²) in [7, 11) is 0. The van der Waals surface area contributed by atoms with Crippen molar-refractivity contribution in [3.8, 4) is 12.3 Å². The Morgan fingerprint density at radius 1 is 1.78 bits per heavy atom. The summed E-state index contributed by atoms with van der Waals surface area (Å²) in [5.74, 6) is 2.29. The van der Waals surface area contributed by atoms with Crippen LogP contribution in [0.25, 0.3) is 0 Å². The zero-order valence-electron chi connectivity index (χ0n) is 4.67. The lowest BCUT2D eigenvalue weighted by Gasteiger charge is -2.08. The van der Waals surface area contributed by atoms with Gasteiger partial charge in [0.2, 0.25) is 4.97 Å². The van der Waals surface area contributed by atoms with Crippen LogP contribution in [0.5, 0.6) is 0 Å². The highest BCUT2D eigenvalue weighted by Crippen LogP contribution is 2.58. The van der Waals surface area contributed by atoms with Gasteiger partial charge in [-0.25, -0.2) is 0 Å². The largest absolute Gasteiger partial charge is 0.311 e. The van der Waals surface area contributed by atoms with Crippen molar-refractivity contribution in [1.82, 2.24) is 0 Å². The van der Waals surface area contributed by atoms with Crippen molar-refractivity contribution in [3.63, 3.8) is 0 Å². The Balaban J connectivity index is 3.78. The normalized spacial score (nSPS) is 14.4. The summed E-state index contributed by atoms with van der Waals surface area (Å²) in [4.78, 5) is -2.60. The zero-order chi connectivity index (χ0) is 7.49. The number of rotatable bonds is 2. The fourth-order valence-corrected chi connectivity index (χ4v) is 1.75. The Hall–Kier alpha value is 0.750. The fourth-order valence-electron chi connectivity index (χ4n) is 0.215. The minimum atomic E-state index is -2.60. The molecule has 1 unspecified atom stereocenters. The summed E-state index contributed by atoms with van der Waals surface area (Å²) < 4.78 is 4.81. The molecule has 0 aliphatic rings. The van der Waals surface area contributed by atoms with Crippen LogP contribution in [-0.4, -0.2) is 6.10 Å². The number of hydrogen-bond donors (Lipinski definition) is 0. The van der Waals surface area contributed by atoms with E-state index in [0.717, 1.165) is 0 Å². The SMILES string of the molecule is C#CC(C)OP(=S)(Cl)Cl. The molecule has 0 N–H and O–H groups in total. The van der Waals surface area contributed by atoms with E-state index >= 15 is 0 Å². The maximum absolute atomic E-state index is 5.38. The molecule has 0 aliphatic heterocycles. The molecule has 0 aliphatic carbocycles. The van der Waals surface area contributed by atoms with Gasteiger partial charge in [0.1, 0.15) is 6.10 Å². The van der Waals surface area contributed by atoms with Gasteiger partial charge < -0.3 is 4.52 Å². The quantitative estimate of drug-likeness (QED) is 0.504. The number of halogens is 2. The first-order valence-corrected chi connectivity index (χ1v) is 6.62. The molecule has 1 atom stereocenters. The fraction of sp³-hybridized carbons (Fsp3) is 0.500. The second-order valence-corrected chi connectivity index (χ2v) is 8.49. The highest BCUT2D eigenvalue weighted by Gasteiger charge is 2.11. The van der Waals surface area contributed by atoms with Gasteiger partial charge in [-0.15, -0.1) is 6.42 Å². The highest BCUT2D eigenvalue weighted by molar-refractivity contribution is 8.36. The number of terminal acetylenes is 1. The first-order chi connectivity index (χ1) is 3.95. The third-order valence-corrected chi connectivity index (χ3v) is 1.81. The van der Waals surface area contributed by atoms with E-state index in [2.05, 4.69) is 17.7 Å². The second-order valence-electron chi connectivity index (χ2n) is 1.33. The monoisotopic (exact) mass is 202 g/mol. The van der Waals surface area contributed by atoms with E-state index in [4.69, 9.17) is 33.4 Å². The molecular formula is C4H5Cl2OPS. The van der Waals surface area contributed by atoms with Crippen LogP contribution in [0.3, 0.4) is 0 Å². The molecule has 1 nitrogen and oxygen atoms in total. The van der Waals surface area contributed by atoms with Crippen LogP contribution in [0, 0.1) is 12.3 Å². The molecular weight excluding hydrogens is 198 g/mol. The van der Waals surface area contributed by atoms with Gasteiger partial charge in [-0.3, -0.25) is 0 Å². The van der Waals surface area contributed by atoms with Gasteiger partial charge in [0, 0.05) is 0 Å². The molecule has 0 saturated carbocycles. The van der Waals surface area contributed by atoms with Crippen molar-refractivity contribution < 1.29 is 4.52 Å². The minimum absolute atomic E-state index is 0.397. The van der Waals surface area contributed by atoms with Crippen LogP contribution in [0.1, 0.15) is 6.92 Å². The van der Waals surface area contributed by atoms with Crippen molar-refractivity contribution in [2.75, 3.05) is 0 Å². The van der Waals surface area contributed by atoms with Crippen LogP contribution in [-0.2, 0) is 16.3 Å². The van der Waals surface area contributed by atoms with Gasteiger partial charge in [-0.05, 0) is 41.2 Å². The van der Waals surface area contributed by atoms with Gasteiger partial charge in [0.15, 0.2) is 0 Å². The molecule has 52 valence electrons. The molecule has 0 rings (SSSR count). The van der Waals surface area contributed by atoms with Gasteiger partial charge in [-0.1, -0.05) is 5.92 Å². The summed E-state index contributed by atoms with van der Waals surface area (Å²) >= 11 is 15.3. The molecule has 0 aromatic rings. The summed E-state index contributed by atoms with van der Waals surface area (Å²) in [6.07, 6.45) is 4.56. The average Bonchev–Trinajstić information content (AvgIpc) is 1.62. The van der Waals surface area contributed by atoms with Crippen LogP contribution in [0.2, 0.25) is 0 Å². The third-order valence-electron chi connectivity index (χ3n) is 0.516. The molecule has 9 heavy (non-hydrogen) atoms. The van der Waals surface area contributed by atoms with Gasteiger partial charge in [0.05, 0.1) is 0 Å². The third kappa shape index (κ3) is 6.64. The molecule has 5 heteroatoms. The van der Waals surface area contributed by atoms with Crippen molar-refractivity contribution >= 4 is 39.3 Å². The van der Waals surface area contributed by atoms with Crippen LogP contribution in [0.15, 0.2) is 0 Å². The van der Waals surface area contributed by atoms with E-state index in [1.54, 1.807) is 6.92 Å². The molecule has 0 spiro atoms. The molecule has 0 bridgehead atoms. The van der Waals surface area contributed by atoms with Crippen molar-refractivity contribution in [1.29, 1.82) is 0 Å². The molecule has 0 saturated heterocycles. The Labute approximate surface area is 69.3 Å². The Bertz CT molecular complexity index is 170. The van der Waals surface area contributed by atoms with Crippen LogP contribution >= 0.6 is 27.5 Å². The van der Waals surface area contributed by atoms with Crippen molar-refractivity contribution in [2.24, 2.45) is 0 Å². The summed E-state index contributed by atoms with van der Waals surface area (Å²) in [5, 5.41) is 0. The maximum atomic E-state index is 5.38. The molecule has 0 fully saturated rings. The van der Waals surface area contributed by atoms with Crippen molar-refractivity contribution in [2.45, 2.75) is 13.0 Å². The molecule has 0 heterocycles. The highest BCUT2D eigenvalue weighted by atomic mass is 35.9. The predicted molar refractivity (Wildman–Crippen MR) is 45.4 cm³/mol. The minimum Gasteiger partial charge on any atom is -0.311 e.